The molecule has 4 aliphatic heterocycles. The molecule has 3 fully saturated rings. The van der Waals surface area contributed by atoms with Gasteiger partial charge in [-0.3, -0.25) is 19.2 Å². The summed E-state index contributed by atoms with van der Waals surface area (Å²) in [6.07, 6.45) is -7.47. The molecule has 426 valence electrons. The van der Waals surface area contributed by atoms with Crippen molar-refractivity contribution in [1.29, 1.82) is 0 Å². The number of likely N-dealkylation sites (N-methyl/N-ethyl adjacent to an activating group) is 1. The van der Waals surface area contributed by atoms with Gasteiger partial charge >= 0.3 is 17.9 Å². The highest BCUT2D eigenvalue weighted by molar-refractivity contribution is 5.91. The first-order chi connectivity index (χ1) is 34.7. The predicted octanol–water partition coefficient (Wildman–Crippen LogP) is 2.55. The maximum Gasteiger partial charge on any atom is 0.308 e. The van der Waals surface area contributed by atoms with E-state index < -0.39 is 152 Å². The summed E-state index contributed by atoms with van der Waals surface area (Å²) in [7, 11) is 6.43. The molecule has 0 radical (unpaired) electrons. The number of aliphatic carboxylic acids is 2. The van der Waals surface area contributed by atoms with Crippen LogP contribution in [0.1, 0.15) is 113 Å². The Morgan fingerprint density at radius 1 is 0.824 bits per heavy atom. The Kier molecular flexibility index (Phi) is 26.8. The molecular formula is C52H87NO21. The number of aliphatic hydroxyl groups is 5. The second kappa shape index (κ2) is 30.6. The first kappa shape index (κ1) is 65.0. The van der Waals surface area contributed by atoms with E-state index in [4.69, 9.17) is 52.8 Å². The molecule has 3 saturated heterocycles. The van der Waals surface area contributed by atoms with Gasteiger partial charge in [-0.15, -0.1) is 0 Å². The summed E-state index contributed by atoms with van der Waals surface area (Å²) in [5, 5.41) is 72.0. The third kappa shape index (κ3) is 18.7. The van der Waals surface area contributed by atoms with Crippen molar-refractivity contribution in [2.75, 3.05) is 34.9 Å². The van der Waals surface area contributed by atoms with Gasteiger partial charge in [-0.25, -0.2) is 0 Å². The van der Waals surface area contributed by atoms with Crippen molar-refractivity contribution in [1.82, 2.24) is 4.90 Å². The van der Waals surface area contributed by atoms with Gasteiger partial charge in [0, 0.05) is 57.7 Å². The lowest BCUT2D eigenvalue weighted by Gasteiger charge is -2.50. The zero-order valence-corrected chi connectivity index (χ0v) is 45.2. The lowest BCUT2D eigenvalue weighted by molar-refractivity contribution is -0.341. The topological polar surface area (TPSA) is 313 Å². The fourth-order valence-electron chi connectivity index (χ4n) is 10.1. The standard InChI is InChI=1S/C46H77NO17.C6H10O4/c1-13-33-30(22-58-45-42(57-12)41(56-11)37(52)26(5)60-45)18-23(2)14-15-31(49)24(3)19-29(16-17-48)39(25(4)32(50)20-34(51)62-33)64-44-38(53)36(47(9)10)40(27(6)61-44)63-35-21-46(8,55)43(54)28(7)59-35;7-5(8)3-1-2-4-6(9)10/h14-15,17-18,24-30,32-33,35-45,50,52-55H,13,16,19-22H2,1-12H3;1-4H2,(H,7,8)(H,9,10)/b15-14+,23-18+;/t24-,25+,26-,27-,28+,29+,30?,32-,33-,35+,36-,37-,38-,39-,40-,41-,42-,43+,44+,45-,46-;/m1./s1. The SMILES string of the molecule is CC[C@H]1OC(=O)C[C@@H](O)[C@H](C)[C@@H](O[C@@H]2O[C@H](C)[C@@H](O[C@H]3C[C@@](C)(O)[C@@H](O)[C@H](C)O3)[C@H](N(C)C)[C@H]2O)[C@@H](CC=O)C[C@@H](C)C(=O)/C=C/C(C)=C/C1CO[C@@H]1O[C@H](C)[C@@H](O)[C@@H](OC)[C@H]1OC.O=C(O)CCCCC(=O)O. The Morgan fingerprint density at radius 2 is 1.43 bits per heavy atom. The minimum Gasteiger partial charge on any atom is -0.481 e. The van der Waals surface area contributed by atoms with Crippen LogP contribution in [0.25, 0.3) is 0 Å². The molecule has 4 aliphatic rings. The number of aldehydes is 1. The van der Waals surface area contributed by atoms with E-state index in [1.807, 2.05) is 19.9 Å². The highest BCUT2D eigenvalue weighted by Gasteiger charge is 2.52. The number of rotatable bonds is 18. The van der Waals surface area contributed by atoms with Gasteiger partial charge in [0.05, 0.1) is 55.2 Å². The average Bonchev–Trinajstić information content (AvgIpc) is 3.32. The number of nitrogens with zero attached hydrogens (tertiary/aromatic N) is 1. The number of aliphatic hydroxyl groups excluding tert-OH is 4. The van der Waals surface area contributed by atoms with Crippen LogP contribution in [0, 0.1) is 23.7 Å². The molecule has 0 amide bonds. The lowest BCUT2D eigenvalue weighted by atomic mass is 9.79. The molecule has 0 spiro atoms. The molecule has 0 aromatic heterocycles. The molecule has 4 rings (SSSR count). The van der Waals surface area contributed by atoms with Gasteiger partial charge in [0.15, 0.2) is 24.7 Å². The Balaban J connectivity index is 0.00000130. The van der Waals surface area contributed by atoms with E-state index in [2.05, 4.69) is 0 Å². The van der Waals surface area contributed by atoms with E-state index in [0.29, 0.717) is 24.8 Å². The summed E-state index contributed by atoms with van der Waals surface area (Å²) >= 11 is 0. The van der Waals surface area contributed by atoms with Gasteiger partial charge in [-0.1, -0.05) is 38.5 Å². The maximum atomic E-state index is 13.8. The van der Waals surface area contributed by atoms with E-state index in [9.17, 15) is 49.5 Å². The van der Waals surface area contributed by atoms with E-state index in [1.54, 1.807) is 59.7 Å². The largest absolute Gasteiger partial charge is 0.481 e. The van der Waals surface area contributed by atoms with Gasteiger partial charge in [-0.2, -0.15) is 0 Å². The van der Waals surface area contributed by atoms with Crippen molar-refractivity contribution in [3.8, 4) is 0 Å². The fraction of sp³-hybridized carbons (Fsp3) is 0.827. The number of ketones is 1. The second-order valence-corrected chi connectivity index (χ2v) is 20.7. The molecular weight excluding hydrogens is 975 g/mol. The smallest absolute Gasteiger partial charge is 0.308 e. The summed E-state index contributed by atoms with van der Waals surface area (Å²) in [6.45, 7) is 13.6. The molecule has 0 aromatic rings. The number of carboxylic acids is 2. The molecule has 0 aromatic carbocycles. The van der Waals surface area contributed by atoms with E-state index in [1.165, 1.54) is 27.2 Å². The lowest BCUT2D eigenvalue weighted by Crippen LogP contribution is -2.65. The molecule has 7 N–H and O–H groups in total. The molecule has 21 atom stereocenters. The number of allylic oxidation sites excluding steroid dienone is 3. The fourth-order valence-corrected chi connectivity index (χ4v) is 10.1. The molecule has 1 unspecified atom stereocenters. The van der Waals surface area contributed by atoms with E-state index in [-0.39, 0.29) is 44.5 Å². The van der Waals surface area contributed by atoms with Crippen molar-refractivity contribution in [2.45, 2.75) is 217 Å². The van der Waals surface area contributed by atoms with Crippen LogP contribution in [0.5, 0.6) is 0 Å². The summed E-state index contributed by atoms with van der Waals surface area (Å²) in [5.41, 5.74) is -0.806. The van der Waals surface area contributed by atoms with Crippen molar-refractivity contribution in [3.63, 3.8) is 0 Å². The van der Waals surface area contributed by atoms with Crippen LogP contribution in [0.3, 0.4) is 0 Å². The molecule has 0 aliphatic carbocycles. The first-order valence-corrected chi connectivity index (χ1v) is 25.7. The number of ether oxygens (including phenoxy) is 9. The predicted molar refractivity (Wildman–Crippen MR) is 264 cm³/mol. The van der Waals surface area contributed by atoms with Gasteiger partial charge in [0.25, 0.3) is 0 Å². The number of cyclic esters (lactones) is 1. The van der Waals surface area contributed by atoms with Crippen LogP contribution in [-0.4, -0.2) is 209 Å². The zero-order chi connectivity index (χ0) is 55.8. The monoisotopic (exact) mass is 1060 g/mol. The first-order valence-electron chi connectivity index (χ1n) is 25.7. The molecule has 0 bridgehead atoms. The van der Waals surface area contributed by atoms with Crippen LogP contribution in [-0.2, 0) is 66.6 Å². The number of unbranched alkanes of at least 4 members (excludes halogenated alkanes) is 1. The third-order valence-electron chi connectivity index (χ3n) is 14.4. The average molecular weight is 1060 g/mol. The van der Waals surface area contributed by atoms with Gasteiger partial charge in [0.2, 0.25) is 0 Å². The molecule has 4 heterocycles. The number of carboxylic acid groups (broad SMARTS) is 2. The van der Waals surface area contributed by atoms with Crippen LogP contribution >= 0.6 is 0 Å². The van der Waals surface area contributed by atoms with Crippen LogP contribution in [0.4, 0.5) is 0 Å². The van der Waals surface area contributed by atoms with Crippen molar-refractivity contribution in [2.24, 2.45) is 23.7 Å². The number of hydrogen-bond acceptors (Lipinski definition) is 20. The number of carbonyl (C=O) groups excluding carboxylic acids is 3. The van der Waals surface area contributed by atoms with Crippen LogP contribution in [0.2, 0.25) is 0 Å². The van der Waals surface area contributed by atoms with Crippen LogP contribution in [0.15, 0.2) is 23.8 Å². The minimum atomic E-state index is -1.49. The van der Waals surface area contributed by atoms with E-state index >= 15 is 0 Å². The number of carbonyl (C=O) groups is 5. The van der Waals surface area contributed by atoms with Crippen LogP contribution < -0.4 is 0 Å². The number of methoxy groups -OCH3 is 2. The normalized spacial score (nSPS) is 41.0. The molecule has 74 heavy (non-hydrogen) atoms. The van der Waals surface area contributed by atoms with Gasteiger partial charge in [-0.05, 0) is 86.4 Å². The van der Waals surface area contributed by atoms with Crippen molar-refractivity contribution in [3.05, 3.63) is 23.8 Å². The third-order valence-corrected chi connectivity index (χ3v) is 14.4. The van der Waals surface area contributed by atoms with E-state index in [0.717, 1.165) is 6.29 Å². The zero-order valence-electron chi connectivity index (χ0n) is 45.2. The Labute approximate surface area is 435 Å². The summed E-state index contributed by atoms with van der Waals surface area (Å²) in [5.74, 6) is -5.33. The quantitative estimate of drug-likeness (QED) is 0.0589. The van der Waals surface area contributed by atoms with Crippen molar-refractivity contribution < 1.29 is 102 Å². The molecule has 0 saturated carbocycles. The summed E-state index contributed by atoms with van der Waals surface area (Å²) < 4.78 is 54.7. The number of hydrogen-bond donors (Lipinski definition) is 7. The number of esters is 1. The maximum absolute atomic E-state index is 13.8. The second-order valence-electron chi connectivity index (χ2n) is 20.7. The Morgan fingerprint density at radius 3 is 1.97 bits per heavy atom. The highest BCUT2D eigenvalue weighted by Crippen LogP contribution is 2.37. The Hall–Kier alpha value is -3.33. The van der Waals surface area contributed by atoms with Crippen molar-refractivity contribution >= 4 is 30.0 Å². The van der Waals surface area contributed by atoms with Gasteiger partial charge < -0.3 is 88.1 Å². The van der Waals surface area contributed by atoms with Gasteiger partial charge in [0.1, 0.15) is 49.0 Å². The molecule has 22 heteroatoms. The Bertz CT molecular complexity index is 1810. The minimum absolute atomic E-state index is 0.00788. The molecule has 22 nitrogen and oxygen atoms in total. The summed E-state index contributed by atoms with van der Waals surface area (Å²) in [6, 6.07) is -0.748. The highest BCUT2D eigenvalue weighted by atomic mass is 16.7. The summed E-state index contributed by atoms with van der Waals surface area (Å²) in [4.78, 5) is 61.3.